The standard InChI is InChI=1S/C17H19BrN2OS/c1-20(11-14-7-8-15(18)22-14)16(21)19-12-17(9-10-17)13-5-3-2-4-6-13/h2-8H,9-12H2,1H3,(H,19,21). The molecule has 0 radical (unpaired) electrons. The summed E-state index contributed by atoms with van der Waals surface area (Å²) in [6.45, 7) is 1.36. The highest BCUT2D eigenvalue weighted by molar-refractivity contribution is 9.11. The Morgan fingerprint density at radius 3 is 2.59 bits per heavy atom. The number of rotatable bonds is 5. The van der Waals surface area contributed by atoms with Crippen LogP contribution in [0.25, 0.3) is 0 Å². The minimum Gasteiger partial charge on any atom is -0.337 e. The number of urea groups is 1. The topological polar surface area (TPSA) is 32.3 Å². The summed E-state index contributed by atoms with van der Waals surface area (Å²) in [7, 11) is 1.84. The van der Waals surface area contributed by atoms with Crippen LogP contribution in [0.15, 0.2) is 46.3 Å². The minimum atomic E-state index is -0.00766. The van der Waals surface area contributed by atoms with E-state index in [2.05, 4.69) is 45.5 Å². The van der Waals surface area contributed by atoms with Crippen LogP contribution in [0, 0.1) is 0 Å². The molecule has 2 amide bonds. The smallest absolute Gasteiger partial charge is 0.317 e. The zero-order chi connectivity index (χ0) is 15.6. The van der Waals surface area contributed by atoms with Gasteiger partial charge in [-0.05, 0) is 46.5 Å². The van der Waals surface area contributed by atoms with Gasteiger partial charge in [-0.25, -0.2) is 4.79 Å². The zero-order valence-corrected chi connectivity index (χ0v) is 14.9. The first-order valence-electron chi connectivity index (χ1n) is 7.38. The molecule has 5 heteroatoms. The van der Waals surface area contributed by atoms with E-state index in [0.717, 1.165) is 16.6 Å². The lowest BCUT2D eigenvalue weighted by Crippen LogP contribution is -2.40. The van der Waals surface area contributed by atoms with Crippen LogP contribution in [-0.2, 0) is 12.0 Å². The Bertz CT molecular complexity index is 652. The second-order valence-corrected chi connectivity index (χ2v) is 8.41. The Morgan fingerprint density at radius 1 is 1.27 bits per heavy atom. The number of thiophene rings is 1. The van der Waals surface area contributed by atoms with Crippen molar-refractivity contribution >= 4 is 33.3 Å². The fourth-order valence-corrected chi connectivity index (χ4v) is 4.17. The Labute approximate surface area is 143 Å². The van der Waals surface area contributed by atoms with E-state index in [1.165, 1.54) is 10.4 Å². The normalized spacial score (nSPS) is 15.4. The number of carbonyl (C=O) groups is 1. The molecule has 1 aromatic heterocycles. The number of halogens is 1. The van der Waals surface area contributed by atoms with E-state index < -0.39 is 0 Å². The number of carbonyl (C=O) groups excluding carboxylic acids is 1. The average Bonchev–Trinajstić information content (AvgIpc) is 3.22. The van der Waals surface area contributed by atoms with Gasteiger partial charge in [-0.2, -0.15) is 0 Å². The summed E-state index contributed by atoms with van der Waals surface area (Å²) in [5.74, 6) is 0. The van der Waals surface area contributed by atoms with E-state index in [-0.39, 0.29) is 11.4 Å². The maximum Gasteiger partial charge on any atom is 0.317 e. The minimum absolute atomic E-state index is 0.00766. The second kappa shape index (κ2) is 6.42. The van der Waals surface area contributed by atoms with Crippen molar-refractivity contribution in [1.29, 1.82) is 0 Å². The SMILES string of the molecule is CN(Cc1ccc(Br)s1)C(=O)NCC1(c2ccccc2)CC1. The Kier molecular flexibility index (Phi) is 4.54. The highest BCUT2D eigenvalue weighted by Gasteiger charge is 2.44. The molecule has 2 aromatic rings. The third-order valence-electron chi connectivity index (χ3n) is 4.19. The number of hydrogen-bond acceptors (Lipinski definition) is 2. The van der Waals surface area contributed by atoms with Crippen molar-refractivity contribution in [2.45, 2.75) is 24.8 Å². The molecule has 0 saturated heterocycles. The second-order valence-electron chi connectivity index (χ2n) is 5.87. The molecule has 1 aliphatic carbocycles. The predicted octanol–water partition coefficient (Wildman–Crippen LogP) is 4.38. The van der Waals surface area contributed by atoms with Crippen molar-refractivity contribution in [3.05, 3.63) is 56.7 Å². The van der Waals surface area contributed by atoms with Gasteiger partial charge in [-0.15, -0.1) is 11.3 Å². The molecule has 1 fully saturated rings. The lowest BCUT2D eigenvalue weighted by molar-refractivity contribution is 0.206. The summed E-state index contributed by atoms with van der Waals surface area (Å²) in [6.07, 6.45) is 2.30. The van der Waals surface area contributed by atoms with E-state index in [1.54, 1.807) is 16.2 Å². The van der Waals surface area contributed by atoms with Crippen molar-refractivity contribution in [2.24, 2.45) is 0 Å². The molecule has 0 bridgehead atoms. The number of nitrogens with zero attached hydrogens (tertiary/aromatic N) is 1. The van der Waals surface area contributed by atoms with Crippen LogP contribution in [0.1, 0.15) is 23.3 Å². The van der Waals surface area contributed by atoms with Gasteiger partial charge in [0.25, 0.3) is 0 Å². The van der Waals surface area contributed by atoms with Crippen molar-refractivity contribution in [1.82, 2.24) is 10.2 Å². The van der Waals surface area contributed by atoms with Crippen LogP contribution in [0.5, 0.6) is 0 Å². The van der Waals surface area contributed by atoms with Crippen LogP contribution >= 0.6 is 27.3 Å². The van der Waals surface area contributed by atoms with E-state index in [4.69, 9.17) is 0 Å². The van der Waals surface area contributed by atoms with Crippen molar-refractivity contribution in [3.8, 4) is 0 Å². The third-order valence-corrected chi connectivity index (χ3v) is 5.79. The first-order chi connectivity index (χ1) is 10.6. The average molecular weight is 379 g/mol. The monoisotopic (exact) mass is 378 g/mol. The maximum absolute atomic E-state index is 12.3. The van der Waals surface area contributed by atoms with E-state index in [9.17, 15) is 4.79 Å². The third kappa shape index (κ3) is 3.52. The molecule has 1 heterocycles. The van der Waals surface area contributed by atoms with E-state index in [0.29, 0.717) is 13.1 Å². The predicted molar refractivity (Wildman–Crippen MR) is 94.2 cm³/mol. The highest BCUT2D eigenvalue weighted by Crippen LogP contribution is 2.47. The number of benzene rings is 1. The van der Waals surface area contributed by atoms with Crippen molar-refractivity contribution in [2.75, 3.05) is 13.6 Å². The quantitative estimate of drug-likeness (QED) is 0.822. The van der Waals surface area contributed by atoms with Crippen LogP contribution in [-0.4, -0.2) is 24.5 Å². The lowest BCUT2D eigenvalue weighted by Gasteiger charge is -2.21. The van der Waals surface area contributed by atoms with E-state index >= 15 is 0 Å². The molecule has 1 aromatic carbocycles. The van der Waals surface area contributed by atoms with Gasteiger partial charge in [0.05, 0.1) is 10.3 Å². The molecule has 1 N–H and O–H groups in total. The molecule has 3 nitrogen and oxygen atoms in total. The van der Waals surface area contributed by atoms with Crippen LogP contribution in [0.3, 0.4) is 0 Å². The van der Waals surface area contributed by atoms with E-state index in [1.807, 2.05) is 25.2 Å². The summed E-state index contributed by atoms with van der Waals surface area (Å²) in [5.41, 5.74) is 1.49. The van der Waals surface area contributed by atoms with Gasteiger partial charge in [-0.3, -0.25) is 0 Å². The molecule has 1 aliphatic rings. The molecule has 116 valence electrons. The zero-order valence-electron chi connectivity index (χ0n) is 12.5. The van der Waals surface area contributed by atoms with Crippen molar-refractivity contribution < 1.29 is 4.79 Å². The summed E-state index contributed by atoms with van der Waals surface area (Å²) in [6, 6.07) is 14.5. The number of nitrogens with one attached hydrogen (secondary N) is 1. The van der Waals surface area contributed by atoms with Crippen LogP contribution in [0.2, 0.25) is 0 Å². The number of amides is 2. The molecule has 1 saturated carbocycles. The molecular formula is C17H19BrN2OS. The molecule has 22 heavy (non-hydrogen) atoms. The van der Waals surface area contributed by atoms with Gasteiger partial charge in [-0.1, -0.05) is 30.3 Å². The van der Waals surface area contributed by atoms with Crippen LogP contribution in [0.4, 0.5) is 4.79 Å². The molecule has 0 spiro atoms. The number of hydrogen-bond donors (Lipinski definition) is 1. The van der Waals surface area contributed by atoms with Crippen LogP contribution < -0.4 is 5.32 Å². The summed E-state index contributed by atoms with van der Waals surface area (Å²) < 4.78 is 1.09. The Morgan fingerprint density at radius 2 is 2.00 bits per heavy atom. The molecule has 0 atom stereocenters. The molecule has 0 unspecified atom stereocenters. The summed E-state index contributed by atoms with van der Waals surface area (Å²) >= 11 is 5.11. The molecular weight excluding hydrogens is 360 g/mol. The van der Waals surface area contributed by atoms with Gasteiger partial charge >= 0.3 is 6.03 Å². The summed E-state index contributed by atoms with van der Waals surface area (Å²) in [4.78, 5) is 15.2. The van der Waals surface area contributed by atoms with Gasteiger partial charge < -0.3 is 10.2 Å². The Balaban J connectivity index is 1.54. The van der Waals surface area contributed by atoms with Gasteiger partial charge in [0, 0.05) is 23.9 Å². The first-order valence-corrected chi connectivity index (χ1v) is 8.99. The first kappa shape index (κ1) is 15.6. The molecule has 3 rings (SSSR count). The van der Waals surface area contributed by atoms with Gasteiger partial charge in [0.1, 0.15) is 0 Å². The highest BCUT2D eigenvalue weighted by atomic mass is 79.9. The molecule has 0 aliphatic heterocycles. The fourth-order valence-electron chi connectivity index (χ4n) is 2.63. The Hall–Kier alpha value is -1.33. The van der Waals surface area contributed by atoms with Crippen molar-refractivity contribution in [3.63, 3.8) is 0 Å². The van der Waals surface area contributed by atoms with Gasteiger partial charge in [0.15, 0.2) is 0 Å². The lowest BCUT2D eigenvalue weighted by atomic mass is 9.96. The largest absolute Gasteiger partial charge is 0.337 e. The maximum atomic E-state index is 12.3. The van der Waals surface area contributed by atoms with Gasteiger partial charge in [0.2, 0.25) is 0 Å². The fraction of sp³-hybridized carbons (Fsp3) is 0.353. The summed E-state index contributed by atoms with van der Waals surface area (Å²) in [5, 5.41) is 3.09.